The second-order valence-corrected chi connectivity index (χ2v) is 5.60. The Balaban J connectivity index is 2.08. The molecule has 0 fully saturated rings. The van der Waals surface area contributed by atoms with Crippen molar-refractivity contribution < 1.29 is 14.6 Å². The van der Waals surface area contributed by atoms with Gasteiger partial charge >= 0.3 is 0 Å². The van der Waals surface area contributed by atoms with E-state index in [0.717, 1.165) is 5.69 Å². The van der Waals surface area contributed by atoms with E-state index >= 15 is 0 Å². The summed E-state index contributed by atoms with van der Waals surface area (Å²) in [5.41, 5.74) is 4.39. The van der Waals surface area contributed by atoms with E-state index in [9.17, 15) is 9.90 Å². The zero-order valence-corrected chi connectivity index (χ0v) is 14.2. The number of nitrogens with zero attached hydrogens (tertiary/aromatic N) is 2. The average Bonchev–Trinajstić information content (AvgIpc) is 2.51. The number of ether oxygens (including phenoxy) is 1. The summed E-state index contributed by atoms with van der Waals surface area (Å²) >= 11 is 1.99. The van der Waals surface area contributed by atoms with Crippen molar-refractivity contribution in [2.75, 3.05) is 7.11 Å². The van der Waals surface area contributed by atoms with Gasteiger partial charge in [0.2, 0.25) is 0 Å². The quantitative estimate of drug-likeness (QED) is 0.460. The monoisotopic (exact) mass is 411 g/mol. The van der Waals surface area contributed by atoms with Gasteiger partial charge in [0, 0.05) is 11.9 Å². The van der Waals surface area contributed by atoms with Crippen LogP contribution in [-0.2, 0) is 0 Å². The van der Waals surface area contributed by atoms with E-state index in [1.807, 2.05) is 29.5 Å². The number of halogens is 1. The fraction of sp³-hybridized carbons (Fsp3) is 0.133. The third kappa shape index (κ3) is 3.94. The maximum atomic E-state index is 11.9. The molecule has 0 saturated carbocycles. The van der Waals surface area contributed by atoms with Gasteiger partial charge in [-0.1, -0.05) is 0 Å². The van der Waals surface area contributed by atoms with Crippen molar-refractivity contribution in [2.24, 2.45) is 5.10 Å². The molecule has 2 N–H and O–H groups in total. The van der Waals surface area contributed by atoms with Crippen molar-refractivity contribution in [2.45, 2.75) is 6.92 Å². The van der Waals surface area contributed by atoms with Crippen LogP contribution in [0.3, 0.4) is 0 Å². The first-order valence-electron chi connectivity index (χ1n) is 6.34. The van der Waals surface area contributed by atoms with E-state index in [1.165, 1.54) is 19.5 Å². The highest BCUT2D eigenvalue weighted by Crippen LogP contribution is 2.31. The first-order valence-corrected chi connectivity index (χ1v) is 7.41. The Labute approximate surface area is 141 Å². The molecule has 0 radical (unpaired) electrons. The predicted molar refractivity (Wildman–Crippen MR) is 91.4 cm³/mol. The minimum absolute atomic E-state index is 0.0787. The molecule has 114 valence electrons. The third-order valence-electron chi connectivity index (χ3n) is 2.82. The fourth-order valence-electron chi connectivity index (χ4n) is 1.66. The molecule has 22 heavy (non-hydrogen) atoms. The minimum atomic E-state index is -0.343. The van der Waals surface area contributed by atoms with Gasteiger partial charge in [-0.15, -0.1) is 0 Å². The van der Waals surface area contributed by atoms with Gasteiger partial charge < -0.3 is 9.84 Å². The van der Waals surface area contributed by atoms with E-state index in [0.29, 0.717) is 20.4 Å². The molecule has 6 nitrogen and oxygen atoms in total. The number of hydrazone groups is 1. The number of hydrogen-bond donors (Lipinski definition) is 2. The summed E-state index contributed by atoms with van der Waals surface area (Å²) in [6.07, 6.45) is 2.97. The van der Waals surface area contributed by atoms with Crippen LogP contribution in [-0.4, -0.2) is 29.3 Å². The van der Waals surface area contributed by atoms with Crippen LogP contribution in [0.1, 0.15) is 21.6 Å². The number of phenols is 1. The van der Waals surface area contributed by atoms with Crippen molar-refractivity contribution in [1.29, 1.82) is 0 Å². The van der Waals surface area contributed by atoms with E-state index < -0.39 is 0 Å². The number of rotatable bonds is 4. The zero-order valence-electron chi connectivity index (χ0n) is 12.0. The number of aromatic nitrogens is 1. The van der Waals surface area contributed by atoms with Crippen LogP contribution in [0.25, 0.3) is 0 Å². The summed E-state index contributed by atoms with van der Waals surface area (Å²) < 4.78 is 5.69. The summed E-state index contributed by atoms with van der Waals surface area (Å²) in [7, 11) is 1.47. The third-order valence-corrected chi connectivity index (χ3v) is 3.65. The topological polar surface area (TPSA) is 83.8 Å². The van der Waals surface area contributed by atoms with Crippen molar-refractivity contribution >= 4 is 34.7 Å². The van der Waals surface area contributed by atoms with Crippen LogP contribution in [0.4, 0.5) is 0 Å². The summed E-state index contributed by atoms with van der Waals surface area (Å²) in [5.74, 6) is 0.0848. The van der Waals surface area contributed by atoms with Crippen molar-refractivity contribution in [3.63, 3.8) is 0 Å². The van der Waals surface area contributed by atoms with Crippen LogP contribution in [0.5, 0.6) is 11.5 Å². The standard InChI is InChI=1S/C15H14IN3O3/c1-9-3-4-11(8-17-9)15(21)19-18-7-10-5-12(16)14(20)13(6-10)22-2/h3-8,20H,1-2H3,(H,19,21). The average molecular weight is 411 g/mol. The minimum Gasteiger partial charge on any atom is -0.504 e. The summed E-state index contributed by atoms with van der Waals surface area (Å²) in [5, 5.41) is 13.6. The molecule has 7 heteroatoms. The second kappa shape index (κ2) is 7.21. The number of carbonyl (C=O) groups excluding carboxylic acids is 1. The van der Waals surface area contributed by atoms with Crippen LogP contribution in [0, 0.1) is 10.5 Å². The normalized spacial score (nSPS) is 10.7. The molecule has 2 aromatic rings. The lowest BCUT2D eigenvalue weighted by molar-refractivity contribution is 0.0955. The van der Waals surface area contributed by atoms with Crippen LogP contribution >= 0.6 is 22.6 Å². The van der Waals surface area contributed by atoms with Gasteiger partial charge in [0.05, 0.1) is 22.5 Å². The molecule has 1 aromatic heterocycles. The predicted octanol–water partition coefficient (Wildman–Crippen LogP) is 2.47. The molecule has 1 amide bonds. The molecule has 0 spiro atoms. The van der Waals surface area contributed by atoms with Gasteiger partial charge in [-0.25, -0.2) is 5.43 Å². The Kier molecular flexibility index (Phi) is 5.31. The molecule has 0 unspecified atom stereocenters. The lowest BCUT2D eigenvalue weighted by Gasteiger charge is -2.06. The lowest BCUT2D eigenvalue weighted by atomic mass is 10.2. The van der Waals surface area contributed by atoms with Gasteiger partial charge in [0.1, 0.15) is 0 Å². The molecular weight excluding hydrogens is 397 g/mol. The Morgan fingerprint density at radius 3 is 2.86 bits per heavy atom. The molecule has 0 bridgehead atoms. The number of benzene rings is 1. The highest BCUT2D eigenvalue weighted by molar-refractivity contribution is 14.1. The number of nitrogens with one attached hydrogen (secondary N) is 1. The van der Waals surface area contributed by atoms with Gasteiger partial charge in [-0.05, 0) is 59.3 Å². The van der Waals surface area contributed by atoms with Gasteiger partial charge in [-0.3, -0.25) is 9.78 Å². The number of aromatic hydroxyl groups is 1. The molecule has 1 heterocycles. The summed E-state index contributed by atoms with van der Waals surface area (Å²) in [6, 6.07) is 6.79. The molecule has 2 rings (SSSR count). The first kappa shape index (κ1) is 16.2. The molecular formula is C15H14IN3O3. The molecule has 0 atom stereocenters. The number of carbonyl (C=O) groups is 1. The Bertz CT molecular complexity index is 715. The van der Waals surface area contributed by atoms with E-state index in [4.69, 9.17) is 4.74 Å². The molecule has 0 aliphatic carbocycles. The molecule has 0 saturated heterocycles. The maximum absolute atomic E-state index is 11.9. The van der Waals surface area contributed by atoms with Crippen LogP contribution < -0.4 is 10.2 Å². The highest BCUT2D eigenvalue weighted by Gasteiger charge is 2.08. The number of phenolic OH excluding ortho intramolecular Hbond substituents is 1. The first-order chi connectivity index (χ1) is 10.5. The zero-order chi connectivity index (χ0) is 16.1. The van der Waals surface area contributed by atoms with Crippen LogP contribution in [0.2, 0.25) is 0 Å². The molecule has 1 aromatic carbocycles. The number of methoxy groups -OCH3 is 1. The number of aryl methyl sites for hydroxylation is 1. The van der Waals surface area contributed by atoms with Crippen molar-refractivity contribution in [3.05, 3.63) is 50.9 Å². The fourth-order valence-corrected chi connectivity index (χ4v) is 2.28. The van der Waals surface area contributed by atoms with Gasteiger partial charge in [-0.2, -0.15) is 5.10 Å². The number of pyridine rings is 1. The molecule has 0 aliphatic rings. The van der Waals surface area contributed by atoms with Crippen LogP contribution in [0.15, 0.2) is 35.6 Å². The van der Waals surface area contributed by atoms with E-state index in [2.05, 4.69) is 15.5 Å². The number of hydrogen-bond acceptors (Lipinski definition) is 5. The Morgan fingerprint density at radius 1 is 1.45 bits per heavy atom. The Morgan fingerprint density at radius 2 is 2.23 bits per heavy atom. The van der Waals surface area contributed by atoms with Crippen molar-refractivity contribution in [3.8, 4) is 11.5 Å². The smallest absolute Gasteiger partial charge is 0.272 e. The summed E-state index contributed by atoms with van der Waals surface area (Å²) in [6.45, 7) is 1.85. The maximum Gasteiger partial charge on any atom is 0.272 e. The van der Waals surface area contributed by atoms with E-state index in [1.54, 1.807) is 24.3 Å². The molecule has 0 aliphatic heterocycles. The number of amides is 1. The summed E-state index contributed by atoms with van der Waals surface area (Å²) in [4.78, 5) is 15.9. The SMILES string of the molecule is COc1cc(C=NNC(=O)c2ccc(C)nc2)cc(I)c1O. The largest absolute Gasteiger partial charge is 0.504 e. The highest BCUT2D eigenvalue weighted by atomic mass is 127. The van der Waals surface area contributed by atoms with Gasteiger partial charge in [0.25, 0.3) is 5.91 Å². The van der Waals surface area contributed by atoms with E-state index in [-0.39, 0.29) is 11.7 Å². The van der Waals surface area contributed by atoms with Crippen molar-refractivity contribution in [1.82, 2.24) is 10.4 Å². The lowest BCUT2D eigenvalue weighted by Crippen LogP contribution is -2.17. The second-order valence-electron chi connectivity index (χ2n) is 4.44. The Hall–Kier alpha value is -2.16. The van der Waals surface area contributed by atoms with Gasteiger partial charge in [0.15, 0.2) is 11.5 Å².